The number of anilines is 1. The van der Waals surface area contributed by atoms with Crippen molar-refractivity contribution in [2.45, 2.75) is 13.1 Å². The molecule has 0 bridgehead atoms. The first kappa shape index (κ1) is 23.0. The molecule has 0 heterocycles. The Bertz CT molecular complexity index is 968. The molecule has 6 heteroatoms. The smallest absolute Gasteiger partial charge is 0.243 e. The number of amides is 2. The van der Waals surface area contributed by atoms with Crippen molar-refractivity contribution in [1.29, 1.82) is 0 Å². The summed E-state index contributed by atoms with van der Waals surface area (Å²) in [5, 5.41) is 2.81. The minimum atomic E-state index is -0.258. The van der Waals surface area contributed by atoms with Gasteiger partial charge < -0.3 is 15.0 Å². The quantitative estimate of drug-likeness (QED) is 0.531. The highest BCUT2D eigenvalue weighted by atomic mass is 16.5. The summed E-state index contributed by atoms with van der Waals surface area (Å²) in [6, 6.07) is 27.2. The molecule has 0 aliphatic heterocycles. The van der Waals surface area contributed by atoms with Gasteiger partial charge in [0.25, 0.3) is 0 Å². The summed E-state index contributed by atoms with van der Waals surface area (Å²) >= 11 is 0. The van der Waals surface area contributed by atoms with Crippen LogP contribution < -0.4 is 10.1 Å². The van der Waals surface area contributed by atoms with Gasteiger partial charge in [0.1, 0.15) is 5.75 Å². The molecule has 0 unspecified atom stereocenters. The number of carbonyl (C=O) groups excluding carboxylic acids is 2. The van der Waals surface area contributed by atoms with Gasteiger partial charge in [-0.25, -0.2) is 0 Å². The van der Waals surface area contributed by atoms with Crippen molar-refractivity contribution in [3.05, 3.63) is 96.1 Å². The zero-order chi connectivity index (χ0) is 22.8. The van der Waals surface area contributed by atoms with E-state index in [9.17, 15) is 9.59 Å². The molecule has 3 rings (SSSR count). The Morgan fingerprint density at radius 2 is 1.41 bits per heavy atom. The van der Waals surface area contributed by atoms with Gasteiger partial charge >= 0.3 is 0 Å². The largest absolute Gasteiger partial charge is 0.497 e. The van der Waals surface area contributed by atoms with Crippen molar-refractivity contribution < 1.29 is 14.3 Å². The second-order valence-corrected chi connectivity index (χ2v) is 7.65. The van der Waals surface area contributed by atoms with E-state index >= 15 is 0 Å². The minimum Gasteiger partial charge on any atom is -0.497 e. The first-order valence-corrected chi connectivity index (χ1v) is 10.5. The number of nitrogens with zero attached hydrogens (tertiary/aromatic N) is 2. The number of ether oxygens (including phenoxy) is 1. The van der Waals surface area contributed by atoms with Crippen molar-refractivity contribution in [2.75, 3.05) is 32.6 Å². The van der Waals surface area contributed by atoms with Crippen molar-refractivity contribution in [3.8, 4) is 5.75 Å². The van der Waals surface area contributed by atoms with E-state index in [1.165, 1.54) is 4.90 Å². The fourth-order valence-electron chi connectivity index (χ4n) is 3.37. The average Bonchev–Trinajstić information content (AvgIpc) is 2.80. The molecule has 6 nitrogen and oxygen atoms in total. The monoisotopic (exact) mass is 431 g/mol. The number of hydrogen-bond acceptors (Lipinski definition) is 4. The van der Waals surface area contributed by atoms with Gasteiger partial charge in [0.15, 0.2) is 0 Å². The maximum absolute atomic E-state index is 12.9. The number of hydrogen-bond donors (Lipinski definition) is 1. The predicted molar refractivity (Wildman–Crippen MR) is 126 cm³/mol. The van der Waals surface area contributed by atoms with Gasteiger partial charge in [-0.05, 0) is 23.3 Å². The summed E-state index contributed by atoms with van der Waals surface area (Å²) in [5.41, 5.74) is 2.90. The van der Waals surface area contributed by atoms with Crippen molar-refractivity contribution in [3.63, 3.8) is 0 Å². The lowest BCUT2D eigenvalue weighted by Crippen LogP contribution is -2.41. The molecule has 2 amide bonds. The highest BCUT2D eigenvalue weighted by molar-refractivity contribution is 5.94. The summed E-state index contributed by atoms with van der Waals surface area (Å²) in [6.45, 7) is 1.48. The fourth-order valence-corrected chi connectivity index (χ4v) is 3.37. The highest BCUT2D eigenvalue weighted by Gasteiger charge is 2.18. The first-order valence-electron chi connectivity index (χ1n) is 10.5. The predicted octanol–water partition coefficient (Wildman–Crippen LogP) is 3.79. The lowest BCUT2D eigenvalue weighted by molar-refractivity contribution is -0.134. The Morgan fingerprint density at radius 3 is 1.97 bits per heavy atom. The maximum atomic E-state index is 12.9. The summed E-state index contributed by atoms with van der Waals surface area (Å²) in [7, 11) is 3.22. The first-order chi connectivity index (χ1) is 15.5. The van der Waals surface area contributed by atoms with Gasteiger partial charge in [0.2, 0.25) is 11.8 Å². The van der Waals surface area contributed by atoms with Crippen molar-refractivity contribution in [2.24, 2.45) is 0 Å². The summed E-state index contributed by atoms with van der Waals surface area (Å²) in [5.74, 6) is 0.286. The van der Waals surface area contributed by atoms with Crippen LogP contribution in [0.2, 0.25) is 0 Å². The lowest BCUT2D eigenvalue weighted by Gasteiger charge is -2.25. The number of carbonyl (C=O) groups is 2. The Kier molecular flexibility index (Phi) is 8.40. The third-order valence-electron chi connectivity index (χ3n) is 5.02. The van der Waals surface area contributed by atoms with Gasteiger partial charge in [-0.3, -0.25) is 14.5 Å². The van der Waals surface area contributed by atoms with E-state index in [0.717, 1.165) is 11.1 Å². The van der Waals surface area contributed by atoms with E-state index in [4.69, 9.17) is 4.74 Å². The van der Waals surface area contributed by atoms with Crippen LogP contribution in [0.1, 0.15) is 11.1 Å². The van der Waals surface area contributed by atoms with Crippen LogP contribution in [0.25, 0.3) is 0 Å². The van der Waals surface area contributed by atoms with Crippen molar-refractivity contribution >= 4 is 17.5 Å². The van der Waals surface area contributed by atoms with E-state index < -0.39 is 0 Å². The molecular weight excluding hydrogens is 402 g/mol. The summed E-state index contributed by atoms with van der Waals surface area (Å²) < 4.78 is 5.18. The number of nitrogens with one attached hydrogen (secondary N) is 1. The van der Waals surface area contributed by atoms with Crippen molar-refractivity contribution in [1.82, 2.24) is 9.80 Å². The average molecular weight is 432 g/mol. The minimum absolute atomic E-state index is 0.0272. The van der Waals surface area contributed by atoms with E-state index in [-0.39, 0.29) is 24.9 Å². The molecule has 0 spiro atoms. The normalized spacial score (nSPS) is 10.6. The van der Waals surface area contributed by atoms with Gasteiger partial charge in [-0.15, -0.1) is 0 Å². The van der Waals surface area contributed by atoms with Crippen LogP contribution in [-0.2, 0) is 22.7 Å². The molecule has 3 aromatic rings. The topological polar surface area (TPSA) is 61.9 Å². The summed E-state index contributed by atoms with van der Waals surface area (Å²) in [6.07, 6.45) is 0. The molecule has 0 aromatic heterocycles. The molecule has 0 aliphatic rings. The van der Waals surface area contributed by atoms with Gasteiger partial charge in [0.05, 0.1) is 20.2 Å². The van der Waals surface area contributed by atoms with Crippen LogP contribution in [-0.4, -0.2) is 48.9 Å². The number of benzene rings is 3. The van der Waals surface area contributed by atoms with Crippen LogP contribution in [0.15, 0.2) is 84.9 Å². The van der Waals surface area contributed by atoms with E-state index in [2.05, 4.69) is 10.2 Å². The van der Waals surface area contributed by atoms with Gasteiger partial charge in [-0.2, -0.15) is 0 Å². The maximum Gasteiger partial charge on any atom is 0.243 e. The molecule has 0 saturated carbocycles. The molecule has 32 heavy (non-hydrogen) atoms. The fraction of sp³-hybridized carbons (Fsp3) is 0.231. The molecule has 3 aromatic carbocycles. The second-order valence-electron chi connectivity index (χ2n) is 7.65. The van der Waals surface area contributed by atoms with Crippen LogP contribution in [0.3, 0.4) is 0 Å². The van der Waals surface area contributed by atoms with E-state index in [0.29, 0.717) is 24.5 Å². The van der Waals surface area contributed by atoms with Crippen LogP contribution in [0.5, 0.6) is 5.75 Å². The number of methoxy groups -OCH3 is 1. The molecule has 166 valence electrons. The van der Waals surface area contributed by atoms with Gasteiger partial charge in [0, 0.05) is 31.9 Å². The zero-order valence-corrected chi connectivity index (χ0v) is 18.5. The molecule has 0 aliphatic carbocycles. The Labute approximate surface area is 189 Å². The van der Waals surface area contributed by atoms with Gasteiger partial charge in [-0.1, -0.05) is 66.7 Å². The second kappa shape index (κ2) is 11.7. The van der Waals surface area contributed by atoms with E-state index in [1.54, 1.807) is 38.4 Å². The van der Waals surface area contributed by atoms with Crippen LogP contribution in [0.4, 0.5) is 5.69 Å². The van der Waals surface area contributed by atoms with E-state index in [1.807, 2.05) is 60.7 Å². The number of likely N-dealkylation sites (N-methyl/N-ethyl adjacent to an activating group) is 1. The van der Waals surface area contributed by atoms with Crippen LogP contribution in [0, 0.1) is 0 Å². The molecule has 0 atom stereocenters. The Balaban J connectivity index is 1.60. The lowest BCUT2D eigenvalue weighted by atomic mass is 10.1. The van der Waals surface area contributed by atoms with Crippen LogP contribution >= 0.6 is 0 Å². The zero-order valence-electron chi connectivity index (χ0n) is 18.5. The third kappa shape index (κ3) is 7.25. The third-order valence-corrected chi connectivity index (χ3v) is 5.02. The SMILES string of the molecule is COc1cccc(NC(=O)CN(C)C(=O)CN(Cc2ccccc2)Cc2ccccc2)c1. The Hall–Kier alpha value is -3.64. The molecule has 0 radical (unpaired) electrons. The Morgan fingerprint density at radius 1 is 0.812 bits per heavy atom. The number of rotatable bonds is 10. The molecule has 0 fully saturated rings. The summed E-state index contributed by atoms with van der Waals surface area (Å²) in [4.78, 5) is 28.9. The molecule has 0 saturated heterocycles. The standard InChI is InChI=1S/C26H29N3O3/c1-28(19-25(30)27-23-14-9-15-24(16-23)32-2)26(31)20-29(17-21-10-5-3-6-11-21)18-22-12-7-4-8-13-22/h3-16H,17-20H2,1-2H3,(H,27,30). The molecular formula is C26H29N3O3. The highest BCUT2D eigenvalue weighted by Crippen LogP contribution is 2.16. The molecule has 1 N–H and O–H groups in total.